The highest BCUT2D eigenvalue weighted by Crippen LogP contribution is 2.35. The molecular formula is C16H25ClN2. The van der Waals surface area contributed by atoms with Gasteiger partial charge >= 0.3 is 0 Å². The van der Waals surface area contributed by atoms with Crippen molar-refractivity contribution in [2.75, 3.05) is 11.4 Å². The van der Waals surface area contributed by atoms with Crippen molar-refractivity contribution >= 4 is 17.3 Å². The first-order valence-electron chi connectivity index (χ1n) is 7.28. The topological polar surface area (TPSA) is 29.3 Å². The molecule has 1 aromatic carbocycles. The summed E-state index contributed by atoms with van der Waals surface area (Å²) in [4.78, 5) is 2.55. The van der Waals surface area contributed by atoms with Gasteiger partial charge in [0.1, 0.15) is 0 Å². The smallest absolute Gasteiger partial charge is 0.0410 e. The Labute approximate surface area is 121 Å². The summed E-state index contributed by atoms with van der Waals surface area (Å²) in [5, 5.41) is 0.805. The molecule has 1 saturated carbocycles. The second kappa shape index (κ2) is 6.15. The molecule has 3 heteroatoms. The Morgan fingerprint density at radius 3 is 2.53 bits per heavy atom. The number of hydrogen-bond acceptors (Lipinski definition) is 2. The second-order valence-corrected chi connectivity index (χ2v) is 6.67. The second-order valence-electron chi connectivity index (χ2n) is 6.23. The summed E-state index contributed by atoms with van der Waals surface area (Å²) < 4.78 is 0. The van der Waals surface area contributed by atoms with Gasteiger partial charge in [-0.3, -0.25) is 0 Å². The maximum Gasteiger partial charge on any atom is 0.0410 e. The highest BCUT2D eigenvalue weighted by atomic mass is 35.5. The van der Waals surface area contributed by atoms with Crippen molar-refractivity contribution < 1.29 is 0 Å². The first kappa shape index (κ1) is 14.7. The molecule has 2 rings (SSSR count). The zero-order valence-electron chi connectivity index (χ0n) is 12.2. The molecule has 106 valence electrons. The molecule has 0 aromatic heterocycles. The monoisotopic (exact) mass is 280 g/mol. The molecular weight excluding hydrogens is 256 g/mol. The largest absolute Gasteiger partial charge is 0.368 e. The van der Waals surface area contributed by atoms with Crippen LogP contribution >= 0.6 is 11.6 Å². The van der Waals surface area contributed by atoms with Crippen LogP contribution in [0.3, 0.4) is 0 Å². The van der Waals surface area contributed by atoms with Gasteiger partial charge in [0.05, 0.1) is 0 Å². The van der Waals surface area contributed by atoms with E-state index in [2.05, 4.69) is 37.8 Å². The summed E-state index contributed by atoms with van der Waals surface area (Å²) in [6.07, 6.45) is 3.51. The van der Waals surface area contributed by atoms with Crippen LogP contribution in [-0.4, -0.2) is 18.6 Å². The Morgan fingerprint density at radius 2 is 2.00 bits per heavy atom. The minimum Gasteiger partial charge on any atom is -0.368 e. The molecule has 0 radical (unpaired) electrons. The molecule has 1 unspecified atom stereocenters. The predicted octanol–water partition coefficient (Wildman–Crippen LogP) is 3.85. The van der Waals surface area contributed by atoms with Gasteiger partial charge < -0.3 is 10.6 Å². The first-order valence-corrected chi connectivity index (χ1v) is 7.65. The van der Waals surface area contributed by atoms with E-state index in [9.17, 15) is 0 Å². The number of hydrogen-bond donors (Lipinski definition) is 1. The van der Waals surface area contributed by atoms with Crippen LogP contribution in [0.5, 0.6) is 0 Å². The average molecular weight is 281 g/mol. The van der Waals surface area contributed by atoms with E-state index in [1.807, 2.05) is 6.07 Å². The first-order chi connectivity index (χ1) is 8.97. The van der Waals surface area contributed by atoms with Crippen LogP contribution < -0.4 is 10.6 Å². The van der Waals surface area contributed by atoms with Gasteiger partial charge in [-0.15, -0.1) is 0 Å². The summed E-state index contributed by atoms with van der Waals surface area (Å²) in [6, 6.07) is 7.13. The molecule has 0 amide bonds. The fraction of sp³-hybridized carbons (Fsp3) is 0.625. The lowest BCUT2D eigenvalue weighted by Gasteiger charge is -2.29. The van der Waals surface area contributed by atoms with Crippen molar-refractivity contribution in [3.63, 3.8) is 0 Å². The van der Waals surface area contributed by atoms with Crippen molar-refractivity contribution in [1.82, 2.24) is 0 Å². The number of anilines is 1. The Balaban J connectivity index is 2.29. The highest BCUT2D eigenvalue weighted by molar-refractivity contribution is 6.30. The molecule has 0 bridgehead atoms. The van der Waals surface area contributed by atoms with Crippen molar-refractivity contribution in [1.29, 1.82) is 0 Å². The van der Waals surface area contributed by atoms with E-state index in [1.165, 1.54) is 24.1 Å². The lowest BCUT2D eigenvalue weighted by molar-refractivity contribution is 0.604. The molecule has 0 saturated heterocycles. The van der Waals surface area contributed by atoms with Crippen LogP contribution in [0, 0.1) is 5.92 Å². The lowest BCUT2D eigenvalue weighted by Crippen LogP contribution is -2.31. The van der Waals surface area contributed by atoms with Crippen LogP contribution in [0.2, 0.25) is 5.02 Å². The number of nitrogens with zero attached hydrogens (tertiary/aromatic N) is 1. The van der Waals surface area contributed by atoms with Crippen LogP contribution in [0.1, 0.15) is 39.2 Å². The van der Waals surface area contributed by atoms with E-state index < -0.39 is 0 Å². The normalized spacial score (nSPS) is 16.7. The number of nitrogens with two attached hydrogens (primary N) is 1. The zero-order valence-corrected chi connectivity index (χ0v) is 13.0. The number of halogens is 1. The van der Waals surface area contributed by atoms with E-state index in [0.717, 1.165) is 24.0 Å². The third-order valence-electron chi connectivity index (χ3n) is 3.44. The molecule has 2 N–H and O–H groups in total. The van der Waals surface area contributed by atoms with E-state index in [1.54, 1.807) is 0 Å². The molecule has 1 fully saturated rings. The van der Waals surface area contributed by atoms with Crippen LogP contribution in [0.25, 0.3) is 0 Å². The Morgan fingerprint density at radius 1 is 1.32 bits per heavy atom. The third kappa shape index (κ3) is 4.12. The van der Waals surface area contributed by atoms with Crippen LogP contribution in [0.4, 0.5) is 5.69 Å². The van der Waals surface area contributed by atoms with E-state index in [0.29, 0.717) is 5.92 Å². The third-order valence-corrected chi connectivity index (χ3v) is 3.68. The standard InChI is InChI=1S/C16H25ClN2/c1-11(2)10-19(15-5-6-15)16-7-4-14(17)9-13(16)8-12(3)18/h4,7,9,11-12,15H,5-6,8,10,18H2,1-3H3. The Bertz CT molecular complexity index is 425. The molecule has 19 heavy (non-hydrogen) atoms. The summed E-state index contributed by atoms with van der Waals surface area (Å²) in [7, 11) is 0. The summed E-state index contributed by atoms with van der Waals surface area (Å²) in [5.74, 6) is 0.666. The summed E-state index contributed by atoms with van der Waals surface area (Å²) in [5.41, 5.74) is 8.59. The maximum atomic E-state index is 6.15. The molecule has 1 atom stereocenters. The predicted molar refractivity (Wildman–Crippen MR) is 84.0 cm³/mol. The maximum absolute atomic E-state index is 6.15. The SMILES string of the molecule is CC(C)CN(c1ccc(Cl)cc1CC(C)N)C1CC1. The molecule has 0 aliphatic heterocycles. The minimum atomic E-state index is 0.164. The van der Waals surface area contributed by atoms with Gasteiger partial charge in [-0.05, 0) is 55.9 Å². The van der Waals surface area contributed by atoms with Gasteiger partial charge in [0.25, 0.3) is 0 Å². The minimum absolute atomic E-state index is 0.164. The molecule has 1 aromatic rings. The quantitative estimate of drug-likeness (QED) is 0.857. The van der Waals surface area contributed by atoms with Gasteiger partial charge in [0.2, 0.25) is 0 Å². The lowest BCUT2D eigenvalue weighted by atomic mass is 10.0. The Kier molecular flexibility index (Phi) is 4.75. The van der Waals surface area contributed by atoms with Gasteiger partial charge in [0.15, 0.2) is 0 Å². The van der Waals surface area contributed by atoms with Crippen molar-refractivity contribution in [3.05, 3.63) is 28.8 Å². The molecule has 2 nitrogen and oxygen atoms in total. The average Bonchev–Trinajstić information content (AvgIpc) is 3.09. The number of benzene rings is 1. The van der Waals surface area contributed by atoms with Gasteiger partial charge in [-0.1, -0.05) is 25.4 Å². The molecule has 0 heterocycles. The van der Waals surface area contributed by atoms with Crippen LogP contribution in [0.15, 0.2) is 18.2 Å². The summed E-state index contributed by atoms with van der Waals surface area (Å²) >= 11 is 6.15. The molecule has 1 aliphatic carbocycles. The molecule has 0 spiro atoms. The van der Waals surface area contributed by atoms with Crippen molar-refractivity contribution in [2.45, 2.75) is 52.1 Å². The summed E-state index contributed by atoms with van der Waals surface area (Å²) in [6.45, 7) is 7.71. The number of rotatable bonds is 6. The fourth-order valence-corrected chi connectivity index (χ4v) is 2.76. The van der Waals surface area contributed by atoms with E-state index >= 15 is 0 Å². The molecule has 1 aliphatic rings. The van der Waals surface area contributed by atoms with E-state index in [-0.39, 0.29) is 6.04 Å². The highest BCUT2D eigenvalue weighted by Gasteiger charge is 2.30. The zero-order chi connectivity index (χ0) is 14.0. The van der Waals surface area contributed by atoms with Gasteiger partial charge in [-0.25, -0.2) is 0 Å². The van der Waals surface area contributed by atoms with Gasteiger partial charge in [0, 0.05) is 29.3 Å². The van der Waals surface area contributed by atoms with Gasteiger partial charge in [-0.2, -0.15) is 0 Å². The van der Waals surface area contributed by atoms with E-state index in [4.69, 9.17) is 17.3 Å². The Hall–Kier alpha value is -0.730. The van der Waals surface area contributed by atoms with Crippen LogP contribution in [-0.2, 0) is 6.42 Å². The van der Waals surface area contributed by atoms with Crippen molar-refractivity contribution in [3.8, 4) is 0 Å². The van der Waals surface area contributed by atoms with Crippen molar-refractivity contribution in [2.24, 2.45) is 11.7 Å². The fourth-order valence-electron chi connectivity index (χ4n) is 2.57.